The van der Waals surface area contributed by atoms with Crippen LogP contribution in [0.4, 0.5) is 5.82 Å². The molecule has 1 fully saturated rings. The first-order valence-electron chi connectivity index (χ1n) is 8.60. The summed E-state index contributed by atoms with van der Waals surface area (Å²) in [6.07, 6.45) is 10.8. The number of pyridine rings is 1. The Balaban J connectivity index is 2.09. The molecule has 0 amide bonds. The number of hydrogen-bond donors (Lipinski definition) is 0. The number of nitrogens with zero attached hydrogens (tertiary/aromatic N) is 2. The van der Waals surface area contributed by atoms with E-state index in [9.17, 15) is 5.26 Å². The summed E-state index contributed by atoms with van der Waals surface area (Å²) in [7, 11) is 0. The van der Waals surface area contributed by atoms with E-state index in [2.05, 4.69) is 22.9 Å². The molecular formula is C18H26N3+. The second kappa shape index (κ2) is 6.47. The van der Waals surface area contributed by atoms with Gasteiger partial charge in [0.05, 0.1) is 13.1 Å². The Morgan fingerprint density at radius 1 is 1.05 bits per heavy atom. The number of nitriles is 1. The van der Waals surface area contributed by atoms with Crippen LogP contribution in [0.5, 0.6) is 0 Å². The van der Waals surface area contributed by atoms with Gasteiger partial charge in [-0.2, -0.15) is 5.26 Å². The number of piperidine rings is 1. The van der Waals surface area contributed by atoms with E-state index in [-0.39, 0.29) is 0 Å². The molecule has 3 rings (SSSR count). The van der Waals surface area contributed by atoms with Gasteiger partial charge in [0.15, 0.2) is 0 Å². The van der Waals surface area contributed by atoms with Crippen molar-refractivity contribution in [1.82, 2.24) is 0 Å². The third-order valence-electron chi connectivity index (χ3n) is 4.92. The summed E-state index contributed by atoms with van der Waals surface area (Å²) in [6, 6.07) is 2.52. The summed E-state index contributed by atoms with van der Waals surface area (Å²) in [6.45, 7) is 4.42. The molecule has 3 nitrogen and oxygen atoms in total. The van der Waals surface area contributed by atoms with Gasteiger partial charge in [-0.05, 0) is 62.5 Å². The molecule has 0 unspecified atom stereocenters. The third kappa shape index (κ3) is 2.77. The molecule has 1 aromatic rings. The van der Waals surface area contributed by atoms with Crippen LogP contribution in [0.3, 0.4) is 0 Å². The minimum Gasteiger partial charge on any atom is -0.261 e. The van der Waals surface area contributed by atoms with Crippen LogP contribution in [0.2, 0.25) is 0 Å². The monoisotopic (exact) mass is 284 g/mol. The number of nitrogens with one attached hydrogen (secondary N) is 1. The van der Waals surface area contributed by atoms with Gasteiger partial charge in [0.25, 0.3) is 5.82 Å². The average molecular weight is 284 g/mol. The van der Waals surface area contributed by atoms with Crippen molar-refractivity contribution in [3.05, 3.63) is 22.4 Å². The molecule has 1 N–H and O–H groups in total. The van der Waals surface area contributed by atoms with E-state index in [0.717, 1.165) is 50.2 Å². The molecule has 2 heterocycles. The molecule has 2 aliphatic rings. The zero-order valence-corrected chi connectivity index (χ0v) is 13.2. The third-order valence-corrected chi connectivity index (χ3v) is 4.92. The van der Waals surface area contributed by atoms with Crippen molar-refractivity contribution in [3.8, 4) is 6.07 Å². The first-order valence-corrected chi connectivity index (χ1v) is 8.60. The lowest BCUT2D eigenvalue weighted by molar-refractivity contribution is -0.378. The van der Waals surface area contributed by atoms with Crippen molar-refractivity contribution in [2.45, 2.75) is 64.7 Å². The number of aromatic amines is 1. The minimum absolute atomic E-state index is 0.937. The van der Waals surface area contributed by atoms with Crippen LogP contribution in [-0.2, 0) is 19.3 Å². The van der Waals surface area contributed by atoms with E-state index in [1.165, 1.54) is 48.9 Å². The quantitative estimate of drug-likeness (QED) is 0.855. The largest absolute Gasteiger partial charge is 0.293 e. The number of aryl methyl sites for hydroxylation is 1. The molecule has 112 valence electrons. The fraction of sp³-hybridized carbons (Fsp3) is 0.667. The molecule has 0 aromatic carbocycles. The van der Waals surface area contributed by atoms with E-state index in [4.69, 9.17) is 0 Å². The van der Waals surface area contributed by atoms with Crippen LogP contribution in [0.25, 0.3) is 0 Å². The molecule has 0 atom stereocenters. The Morgan fingerprint density at radius 3 is 2.43 bits per heavy atom. The van der Waals surface area contributed by atoms with Crippen molar-refractivity contribution in [3.63, 3.8) is 0 Å². The molecule has 0 spiro atoms. The maximum atomic E-state index is 9.73. The predicted octanol–water partition coefficient (Wildman–Crippen LogP) is 3.19. The lowest BCUT2D eigenvalue weighted by atomic mass is 9.86. The number of aromatic nitrogens is 1. The first kappa shape index (κ1) is 14.4. The topological polar surface area (TPSA) is 41.2 Å². The number of anilines is 1. The molecule has 0 bridgehead atoms. The SMILES string of the molecule is CCCc1[nH+]c(N2CCCCC2)c(C#N)c2c1CCCC2. The molecule has 3 heteroatoms. The van der Waals surface area contributed by atoms with Gasteiger partial charge in [0.1, 0.15) is 17.3 Å². The first-order chi connectivity index (χ1) is 10.3. The summed E-state index contributed by atoms with van der Waals surface area (Å²) in [5.41, 5.74) is 5.14. The standard InChI is InChI=1S/C18H25N3/c1-2-8-17-15-10-5-4-9-14(15)16(13-19)18(20-17)21-11-6-3-7-12-21/h2-12H2,1H3/p+1. The average Bonchev–Trinajstić information content (AvgIpc) is 2.55. The highest BCUT2D eigenvalue weighted by Crippen LogP contribution is 2.31. The highest BCUT2D eigenvalue weighted by molar-refractivity contribution is 5.58. The van der Waals surface area contributed by atoms with Gasteiger partial charge in [-0.1, -0.05) is 6.92 Å². The Labute approximate surface area is 128 Å². The van der Waals surface area contributed by atoms with Gasteiger partial charge in [-0.3, -0.25) is 4.90 Å². The van der Waals surface area contributed by atoms with Crippen molar-refractivity contribution in [2.75, 3.05) is 18.0 Å². The van der Waals surface area contributed by atoms with E-state index >= 15 is 0 Å². The lowest BCUT2D eigenvalue weighted by Gasteiger charge is -2.25. The summed E-state index contributed by atoms with van der Waals surface area (Å²) in [5, 5.41) is 9.73. The summed E-state index contributed by atoms with van der Waals surface area (Å²) in [5.74, 6) is 1.11. The van der Waals surface area contributed by atoms with Gasteiger partial charge >= 0.3 is 0 Å². The van der Waals surface area contributed by atoms with Crippen molar-refractivity contribution >= 4 is 5.82 Å². The van der Waals surface area contributed by atoms with Gasteiger partial charge in [0.2, 0.25) is 0 Å². The molecule has 1 aromatic heterocycles. The Hall–Kier alpha value is -1.56. The van der Waals surface area contributed by atoms with Crippen LogP contribution in [0, 0.1) is 11.3 Å². The van der Waals surface area contributed by atoms with Gasteiger partial charge in [-0.15, -0.1) is 0 Å². The molecule has 1 aliphatic carbocycles. The summed E-state index contributed by atoms with van der Waals surface area (Å²) < 4.78 is 0. The maximum absolute atomic E-state index is 9.73. The molecule has 1 aliphatic heterocycles. The molecule has 0 saturated carbocycles. The molecule has 0 radical (unpaired) electrons. The van der Waals surface area contributed by atoms with Crippen molar-refractivity contribution in [2.24, 2.45) is 0 Å². The van der Waals surface area contributed by atoms with Crippen LogP contribution >= 0.6 is 0 Å². The molecule has 21 heavy (non-hydrogen) atoms. The van der Waals surface area contributed by atoms with E-state index < -0.39 is 0 Å². The van der Waals surface area contributed by atoms with Crippen molar-refractivity contribution < 1.29 is 4.98 Å². The summed E-state index contributed by atoms with van der Waals surface area (Å²) in [4.78, 5) is 6.08. The smallest absolute Gasteiger partial charge is 0.261 e. The minimum atomic E-state index is 0.937. The van der Waals surface area contributed by atoms with Gasteiger partial charge < -0.3 is 0 Å². The predicted molar refractivity (Wildman–Crippen MR) is 84.4 cm³/mol. The highest BCUT2D eigenvalue weighted by Gasteiger charge is 2.29. The molecular weight excluding hydrogens is 258 g/mol. The van der Waals surface area contributed by atoms with E-state index in [1.807, 2.05) is 0 Å². The normalized spacial score (nSPS) is 18.2. The Bertz CT molecular complexity index is 551. The van der Waals surface area contributed by atoms with E-state index in [0.29, 0.717) is 0 Å². The fourth-order valence-corrected chi connectivity index (χ4v) is 3.88. The van der Waals surface area contributed by atoms with E-state index in [1.54, 1.807) is 0 Å². The fourth-order valence-electron chi connectivity index (χ4n) is 3.88. The van der Waals surface area contributed by atoms with Crippen LogP contribution in [-0.4, -0.2) is 13.1 Å². The number of rotatable bonds is 3. The van der Waals surface area contributed by atoms with Crippen LogP contribution in [0.15, 0.2) is 0 Å². The number of hydrogen-bond acceptors (Lipinski definition) is 2. The lowest BCUT2D eigenvalue weighted by Crippen LogP contribution is -2.37. The van der Waals surface area contributed by atoms with Crippen LogP contribution in [0.1, 0.15) is 67.8 Å². The number of fused-ring (bicyclic) bond motifs is 1. The summed E-state index contributed by atoms with van der Waals surface area (Å²) >= 11 is 0. The van der Waals surface area contributed by atoms with Gasteiger partial charge in [-0.25, -0.2) is 4.98 Å². The zero-order valence-electron chi connectivity index (χ0n) is 13.2. The zero-order chi connectivity index (χ0) is 14.7. The van der Waals surface area contributed by atoms with Crippen molar-refractivity contribution in [1.29, 1.82) is 5.26 Å². The Morgan fingerprint density at radius 2 is 1.76 bits per heavy atom. The van der Waals surface area contributed by atoms with Crippen LogP contribution < -0.4 is 9.88 Å². The number of H-pyrrole nitrogens is 1. The Kier molecular flexibility index (Phi) is 4.43. The second-order valence-corrected chi connectivity index (χ2v) is 6.40. The van der Waals surface area contributed by atoms with Gasteiger partial charge in [0, 0.05) is 6.42 Å². The maximum Gasteiger partial charge on any atom is 0.293 e. The second-order valence-electron chi connectivity index (χ2n) is 6.40. The molecule has 1 saturated heterocycles. The highest BCUT2D eigenvalue weighted by atomic mass is 15.2.